The van der Waals surface area contributed by atoms with Gasteiger partial charge in [0.05, 0.1) is 17.0 Å². The summed E-state index contributed by atoms with van der Waals surface area (Å²) in [6.45, 7) is 3.76. The predicted octanol–water partition coefficient (Wildman–Crippen LogP) is 6.48. The van der Waals surface area contributed by atoms with Gasteiger partial charge in [0.1, 0.15) is 23.2 Å². The quantitative estimate of drug-likeness (QED) is 0.509. The highest BCUT2D eigenvalue weighted by Gasteiger charge is 2.31. The first-order chi connectivity index (χ1) is 14.1. The fraction of sp³-hybridized carbons (Fsp3) is 0.182. The minimum absolute atomic E-state index is 0.0208. The molecule has 30 heavy (non-hydrogen) atoms. The van der Waals surface area contributed by atoms with E-state index < -0.39 is 41.6 Å². The number of hydrogen-bond acceptors (Lipinski definition) is 2. The molecule has 2 aromatic rings. The van der Waals surface area contributed by atoms with Crippen LogP contribution in [-0.2, 0) is 0 Å². The summed E-state index contributed by atoms with van der Waals surface area (Å²) < 4.78 is 85.9. The van der Waals surface area contributed by atoms with Crippen molar-refractivity contribution in [1.29, 1.82) is 0 Å². The zero-order valence-electron chi connectivity index (χ0n) is 15.9. The van der Waals surface area contributed by atoms with Gasteiger partial charge in [-0.15, -0.1) is 0 Å². The van der Waals surface area contributed by atoms with E-state index in [2.05, 4.69) is 11.3 Å². The van der Waals surface area contributed by atoms with Gasteiger partial charge in [-0.1, -0.05) is 36.9 Å². The molecule has 0 aromatic heterocycles. The molecule has 0 aliphatic carbocycles. The smallest absolute Gasteiger partial charge is 0.422 e. The summed E-state index contributed by atoms with van der Waals surface area (Å²) in [5.41, 5.74) is 0.143. The third-order valence-corrected chi connectivity index (χ3v) is 4.45. The van der Waals surface area contributed by atoms with Crippen LogP contribution in [0.2, 0.25) is 0 Å². The molecule has 0 amide bonds. The van der Waals surface area contributed by atoms with E-state index >= 15 is 0 Å². The largest absolute Gasteiger partial charge is 0.484 e. The van der Waals surface area contributed by atoms with Crippen LogP contribution in [0.3, 0.4) is 0 Å². The summed E-state index contributed by atoms with van der Waals surface area (Å²) in [5.74, 6) is -3.55. The number of alkyl halides is 3. The second-order valence-corrected chi connectivity index (χ2v) is 6.48. The van der Waals surface area contributed by atoms with Gasteiger partial charge in [-0.2, -0.15) is 13.2 Å². The summed E-state index contributed by atoms with van der Waals surface area (Å²) in [7, 11) is 0. The molecule has 0 saturated heterocycles. The van der Waals surface area contributed by atoms with Crippen LogP contribution in [0.25, 0.3) is 11.3 Å². The fourth-order valence-corrected chi connectivity index (χ4v) is 3.17. The SMILES string of the molecule is C=C1C(F)=CC(c2ccccc2)=C(c2c(F)cc(OCC(F)(F)F)cc2F)N1CC. The van der Waals surface area contributed by atoms with Crippen molar-refractivity contribution in [3.05, 3.63) is 89.4 Å². The topological polar surface area (TPSA) is 12.5 Å². The Kier molecular flexibility index (Phi) is 5.96. The third-order valence-electron chi connectivity index (χ3n) is 4.45. The Morgan fingerprint density at radius 1 is 1.00 bits per heavy atom. The van der Waals surface area contributed by atoms with E-state index in [1.54, 1.807) is 37.3 Å². The van der Waals surface area contributed by atoms with Crippen molar-refractivity contribution in [1.82, 2.24) is 4.90 Å². The molecule has 0 bridgehead atoms. The van der Waals surface area contributed by atoms with E-state index in [-0.39, 0.29) is 23.5 Å². The highest BCUT2D eigenvalue weighted by molar-refractivity contribution is 5.97. The van der Waals surface area contributed by atoms with Gasteiger partial charge in [0, 0.05) is 24.3 Å². The summed E-state index contributed by atoms with van der Waals surface area (Å²) in [5, 5.41) is 0. The average Bonchev–Trinajstić information content (AvgIpc) is 2.68. The maximum absolute atomic E-state index is 14.9. The third kappa shape index (κ3) is 4.37. The molecule has 0 N–H and O–H groups in total. The van der Waals surface area contributed by atoms with E-state index in [1.807, 2.05) is 0 Å². The van der Waals surface area contributed by atoms with E-state index in [4.69, 9.17) is 0 Å². The summed E-state index contributed by atoms with van der Waals surface area (Å²) in [6, 6.07) is 9.75. The van der Waals surface area contributed by atoms with Crippen LogP contribution < -0.4 is 4.74 Å². The van der Waals surface area contributed by atoms with E-state index in [0.29, 0.717) is 17.7 Å². The van der Waals surface area contributed by atoms with Crippen molar-refractivity contribution < 1.29 is 31.1 Å². The minimum Gasteiger partial charge on any atom is -0.484 e. The van der Waals surface area contributed by atoms with Gasteiger partial charge in [-0.05, 0) is 18.6 Å². The van der Waals surface area contributed by atoms with E-state index in [1.165, 1.54) is 4.90 Å². The number of rotatable bonds is 5. The van der Waals surface area contributed by atoms with Crippen LogP contribution in [0.1, 0.15) is 18.1 Å². The minimum atomic E-state index is -4.66. The zero-order chi connectivity index (χ0) is 22.1. The molecule has 1 heterocycles. The molecule has 158 valence electrons. The van der Waals surface area contributed by atoms with Gasteiger partial charge in [-0.25, -0.2) is 13.2 Å². The lowest BCUT2D eigenvalue weighted by Crippen LogP contribution is -2.26. The molecule has 0 radical (unpaired) electrons. The average molecular weight is 425 g/mol. The van der Waals surface area contributed by atoms with Crippen molar-refractivity contribution in [2.45, 2.75) is 13.1 Å². The molecule has 0 atom stereocenters. The van der Waals surface area contributed by atoms with Crippen LogP contribution in [0.4, 0.5) is 26.3 Å². The van der Waals surface area contributed by atoms with Crippen LogP contribution in [0, 0.1) is 11.6 Å². The summed E-state index contributed by atoms with van der Waals surface area (Å²) in [6.07, 6.45) is -3.52. The molecule has 2 nitrogen and oxygen atoms in total. The molecule has 3 rings (SSSR count). The number of ether oxygens (including phenoxy) is 1. The number of halogens is 6. The van der Waals surface area contributed by atoms with Crippen LogP contribution in [-0.4, -0.2) is 24.2 Å². The first-order valence-electron chi connectivity index (χ1n) is 8.95. The second kappa shape index (κ2) is 8.30. The summed E-state index contributed by atoms with van der Waals surface area (Å²) in [4.78, 5) is 1.31. The fourth-order valence-electron chi connectivity index (χ4n) is 3.17. The van der Waals surface area contributed by atoms with Crippen molar-refractivity contribution in [3.8, 4) is 5.75 Å². The van der Waals surface area contributed by atoms with Crippen molar-refractivity contribution in [2.24, 2.45) is 0 Å². The molecule has 0 saturated carbocycles. The first-order valence-corrected chi connectivity index (χ1v) is 8.95. The number of hydrogen-bond donors (Lipinski definition) is 0. The monoisotopic (exact) mass is 425 g/mol. The number of allylic oxidation sites excluding steroid dienone is 3. The lowest BCUT2D eigenvalue weighted by atomic mass is 9.93. The maximum Gasteiger partial charge on any atom is 0.422 e. The number of likely N-dealkylation sites (N-methyl/N-ethyl adjacent to an activating group) is 1. The lowest BCUT2D eigenvalue weighted by molar-refractivity contribution is -0.153. The Bertz CT molecular complexity index is 1000. The molecule has 0 spiro atoms. The zero-order valence-corrected chi connectivity index (χ0v) is 15.9. The molecule has 2 aromatic carbocycles. The van der Waals surface area contributed by atoms with Crippen molar-refractivity contribution in [2.75, 3.05) is 13.2 Å². The molecular formula is C22H17F6NO. The van der Waals surface area contributed by atoms with Crippen molar-refractivity contribution >= 4 is 11.3 Å². The lowest BCUT2D eigenvalue weighted by Gasteiger charge is -2.33. The number of nitrogens with zero attached hydrogens (tertiary/aromatic N) is 1. The Labute approximate surface area is 169 Å². The highest BCUT2D eigenvalue weighted by Crippen LogP contribution is 2.41. The Hall–Kier alpha value is -3.16. The molecule has 0 unspecified atom stereocenters. The van der Waals surface area contributed by atoms with Crippen LogP contribution in [0.5, 0.6) is 5.75 Å². The molecule has 8 heteroatoms. The highest BCUT2D eigenvalue weighted by atomic mass is 19.4. The first kappa shape index (κ1) is 21.5. The molecular weight excluding hydrogens is 408 g/mol. The maximum atomic E-state index is 14.9. The second-order valence-electron chi connectivity index (χ2n) is 6.48. The van der Waals surface area contributed by atoms with Gasteiger partial charge < -0.3 is 9.64 Å². The van der Waals surface area contributed by atoms with E-state index in [0.717, 1.165) is 6.08 Å². The van der Waals surface area contributed by atoms with Crippen LogP contribution >= 0.6 is 0 Å². The van der Waals surface area contributed by atoms with Crippen LogP contribution in [0.15, 0.2) is 66.6 Å². The Balaban J connectivity index is 2.19. The van der Waals surface area contributed by atoms with Gasteiger partial charge in [0.2, 0.25) is 0 Å². The Morgan fingerprint density at radius 2 is 1.60 bits per heavy atom. The van der Waals surface area contributed by atoms with Gasteiger partial charge in [0.25, 0.3) is 0 Å². The number of benzene rings is 2. The summed E-state index contributed by atoms with van der Waals surface area (Å²) >= 11 is 0. The molecule has 0 fully saturated rings. The van der Waals surface area contributed by atoms with E-state index in [9.17, 15) is 26.3 Å². The Morgan fingerprint density at radius 3 is 2.13 bits per heavy atom. The normalized spacial score (nSPS) is 14.8. The van der Waals surface area contributed by atoms with Gasteiger partial charge in [0.15, 0.2) is 6.61 Å². The van der Waals surface area contributed by atoms with Gasteiger partial charge >= 0.3 is 6.18 Å². The standard InChI is InChI=1S/C22H17F6NO/c1-3-29-13(2)17(23)11-16(14-7-5-4-6-8-14)21(29)20-18(24)9-15(10-19(20)25)30-12-22(26,27)28/h4-11H,2-3,12H2,1H3. The molecule has 1 aliphatic heterocycles. The molecule has 1 aliphatic rings. The van der Waals surface area contributed by atoms with Crippen molar-refractivity contribution in [3.63, 3.8) is 0 Å². The predicted molar refractivity (Wildman–Crippen MR) is 102 cm³/mol. The van der Waals surface area contributed by atoms with Gasteiger partial charge in [-0.3, -0.25) is 0 Å².